The minimum atomic E-state index is -3.64. The van der Waals surface area contributed by atoms with E-state index in [0.717, 1.165) is 12.8 Å². The zero-order valence-electron chi connectivity index (χ0n) is 16.3. The van der Waals surface area contributed by atoms with Gasteiger partial charge in [-0.05, 0) is 31.0 Å². The average molecular weight is 413 g/mol. The molecule has 0 atom stereocenters. The van der Waals surface area contributed by atoms with Gasteiger partial charge in [-0.25, -0.2) is 13.2 Å². The largest absolute Gasteiger partial charge is 0.379 e. The molecule has 28 heavy (non-hydrogen) atoms. The zero-order chi connectivity index (χ0) is 20.6. The predicted molar refractivity (Wildman–Crippen MR) is 106 cm³/mol. The van der Waals surface area contributed by atoms with Gasteiger partial charge < -0.3 is 15.4 Å². The number of nitrogens with one attached hydrogen (secondary N) is 3. The topological polar surface area (TPSA) is 117 Å². The highest BCUT2D eigenvalue weighted by Gasteiger charge is 2.27. The van der Waals surface area contributed by atoms with Crippen molar-refractivity contribution in [2.45, 2.75) is 31.6 Å². The standard InChI is InChI=1S/C18H28N4O5S/c1-3-4-7-19-18(24)21-17(23)13-20-15-6-5-14(2)16(12-15)28(25,26)22-8-10-27-11-9-22/h5-6,12,20H,3-4,7-11,13H2,1-2H3,(H2,19,21,23,24). The lowest BCUT2D eigenvalue weighted by Gasteiger charge is -2.26. The highest BCUT2D eigenvalue weighted by Crippen LogP contribution is 2.24. The number of nitrogens with zero attached hydrogens (tertiary/aromatic N) is 1. The molecular weight excluding hydrogens is 384 g/mol. The lowest BCUT2D eigenvalue weighted by atomic mass is 10.2. The Morgan fingerprint density at radius 3 is 2.61 bits per heavy atom. The number of unbranched alkanes of at least 4 members (excludes halogenated alkanes) is 1. The second kappa shape index (κ2) is 10.4. The molecule has 1 heterocycles. The Labute approximate surface area is 165 Å². The van der Waals surface area contributed by atoms with E-state index in [1.165, 1.54) is 10.4 Å². The first-order valence-electron chi connectivity index (χ1n) is 9.34. The molecule has 2 rings (SSSR count). The number of imide groups is 1. The van der Waals surface area contributed by atoms with Crippen LogP contribution in [0.4, 0.5) is 10.5 Å². The molecule has 9 nitrogen and oxygen atoms in total. The Balaban J connectivity index is 1.97. The van der Waals surface area contributed by atoms with Crippen molar-refractivity contribution in [2.24, 2.45) is 0 Å². The fraction of sp³-hybridized carbons (Fsp3) is 0.556. The van der Waals surface area contributed by atoms with Crippen LogP contribution in [0.2, 0.25) is 0 Å². The third kappa shape index (κ3) is 6.18. The number of anilines is 1. The molecule has 1 aromatic carbocycles. The summed E-state index contributed by atoms with van der Waals surface area (Å²) < 4.78 is 32.4. The number of carbonyl (C=O) groups excluding carboxylic acids is 2. The van der Waals surface area contributed by atoms with Crippen LogP contribution in [0.5, 0.6) is 0 Å². The first kappa shape index (κ1) is 22.1. The summed E-state index contributed by atoms with van der Waals surface area (Å²) in [6, 6.07) is 4.35. The summed E-state index contributed by atoms with van der Waals surface area (Å²) >= 11 is 0. The van der Waals surface area contributed by atoms with Gasteiger partial charge in [0, 0.05) is 25.3 Å². The van der Waals surface area contributed by atoms with Gasteiger partial charge in [0.05, 0.1) is 24.7 Å². The summed E-state index contributed by atoms with van der Waals surface area (Å²) in [5, 5.41) is 7.68. The summed E-state index contributed by atoms with van der Waals surface area (Å²) in [4.78, 5) is 23.7. The zero-order valence-corrected chi connectivity index (χ0v) is 17.1. The third-order valence-electron chi connectivity index (χ3n) is 4.30. The second-order valence-electron chi connectivity index (χ2n) is 6.51. The molecule has 1 saturated heterocycles. The first-order valence-corrected chi connectivity index (χ1v) is 10.8. The van der Waals surface area contributed by atoms with Gasteiger partial charge in [-0.15, -0.1) is 0 Å². The molecule has 0 bridgehead atoms. The fourth-order valence-corrected chi connectivity index (χ4v) is 4.35. The average Bonchev–Trinajstić information content (AvgIpc) is 2.68. The van der Waals surface area contributed by atoms with Crippen molar-refractivity contribution in [1.29, 1.82) is 0 Å². The summed E-state index contributed by atoms with van der Waals surface area (Å²) in [6.45, 7) is 5.46. The maximum Gasteiger partial charge on any atom is 0.321 e. The van der Waals surface area contributed by atoms with Crippen LogP contribution in [0.25, 0.3) is 0 Å². The van der Waals surface area contributed by atoms with Crippen molar-refractivity contribution >= 4 is 27.6 Å². The minimum absolute atomic E-state index is 0.151. The number of morpholine rings is 1. The molecule has 10 heteroatoms. The molecule has 1 fully saturated rings. The van der Waals surface area contributed by atoms with Gasteiger partial charge in [-0.3, -0.25) is 10.1 Å². The molecular formula is C18H28N4O5S. The van der Waals surface area contributed by atoms with Gasteiger partial charge in [-0.1, -0.05) is 19.4 Å². The molecule has 0 aliphatic carbocycles. The van der Waals surface area contributed by atoms with Gasteiger partial charge in [0.15, 0.2) is 0 Å². The Bertz CT molecular complexity index is 791. The number of sulfonamides is 1. The van der Waals surface area contributed by atoms with Crippen LogP contribution >= 0.6 is 0 Å². The molecule has 1 aliphatic heterocycles. The molecule has 156 valence electrons. The third-order valence-corrected chi connectivity index (χ3v) is 6.34. The van der Waals surface area contributed by atoms with E-state index < -0.39 is 22.0 Å². The Morgan fingerprint density at radius 2 is 1.93 bits per heavy atom. The lowest BCUT2D eigenvalue weighted by molar-refractivity contribution is -0.118. The normalized spacial score (nSPS) is 15.1. The van der Waals surface area contributed by atoms with Crippen molar-refractivity contribution in [3.05, 3.63) is 23.8 Å². The van der Waals surface area contributed by atoms with Crippen molar-refractivity contribution < 1.29 is 22.7 Å². The monoisotopic (exact) mass is 412 g/mol. The molecule has 0 radical (unpaired) electrons. The van der Waals surface area contributed by atoms with Crippen molar-refractivity contribution in [1.82, 2.24) is 14.9 Å². The van der Waals surface area contributed by atoms with E-state index >= 15 is 0 Å². The summed E-state index contributed by atoms with van der Waals surface area (Å²) in [6.07, 6.45) is 1.78. The van der Waals surface area contributed by atoms with E-state index in [0.29, 0.717) is 44.1 Å². The molecule has 0 saturated carbocycles. The molecule has 0 spiro atoms. The maximum absolute atomic E-state index is 12.9. The van der Waals surface area contributed by atoms with Crippen LogP contribution in [-0.2, 0) is 19.6 Å². The quantitative estimate of drug-likeness (QED) is 0.550. The van der Waals surface area contributed by atoms with Crippen molar-refractivity contribution in [3.63, 3.8) is 0 Å². The smallest absolute Gasteiger partial charge is 0.321 e. The summed E-state index contributed by atoms with van der Waals surface area (Å²) in [5.41, 5.74) is 1.11. The predicted octanol–water partition coefficient (Wildman–Crippen LogP) is 1.05. The van der Waals surface area contributed by atoms with Crippen LogP contribution in [0, 0.1) is 6.92 Å². The molecule has 0 unspecified atom stereocenters. The van der Waals surface area contributed by atoms with Crippen LogP contribution in [0.15, 0.2) is 23.1 Å². The molecule has 0 aromatic heterocycles. The number of rotatable bonds is 8. The number of hydrogen-bond acceptors (Lipinski definition) is 6. The SMILES string of the molecule is CCCCNC(=O)NC(=O)CNc1ccc(C)c(S(=O)(=O)N2CCOCC2)c1. The second-order valence-corrected chi connectivity index (χ2v) is 8.41. The molecule has 1 aromatic rings. The van der Waals surface area contributed by atoms with E-state index in [-0.39, 0.29) is 11.4 Å². The number of benzene rings is 1. The fourth-order valence-electron chi connectivity index (χ4n) is 2.69. The van der Waals surface area contributed by atoms with Gasteiger partial charge in [0.1, 0.15) is 0 Å². The number of urea groups is 1. The maximum atomic E-state index is 12.9. The Kier molecular flexibility index (Phi) is 8.21. The summed E-state index contributed by atoms with van der Waals surface area (Å²) in [5.74, 6) is -0.507. The summed E-state index contributed by atoms with van der Waals surface area (Å²) in [7, 11) is -3.64. The van der Waals surface area contributed by atoms with E-state index in [2.05, 4.69) is 16.0 Å². The highest BCUT2D eigenvalue weighted by molar-refractivity contribution is 7.89. The van der Waals surface area contributed by atoms with E-state index in [1.807, 2.05) is 6.92 Å². The minimum Gasteiger partial charge on any atom is -0.379 e. The first-order chi connectivity index (χ1) is 13.3. The number of carbonyl (C=O) groups is 2. The van der Waals surface area contributed by atoms with Crippen LogP contribution < -0.4 is 16.0 Å². The Hall–Kier alpha value is -2.17. The van der Waals surface area contributed by atoms with Crippen LogP contribution in [0.1, 0.15) is 25.3 Å². The van der Waals surface area contributed by atoms with Gasteiger partial charge in [-0.2, -0.15) is 4.31 Å². The molecule has 1 aliphatic rings. The Morgan fingerprint density at radius 1 is 1.21 bits per heavy atom. The van der Waals surface area contributed by atoms with Crippen molar-refractivity contribution in [3.8, 4) is 0 Å². The lowest BCUT2D eigenvalue weighted by Crippen LogP contribution is -2.42. The van der Waals surface area contributed by atoms with Gasteiger partial charge >= 0.3 is 6.03 Å². The number of hydrogen-bond donors (Lipinski definition) is 3. The highest BCUT2D eigenvalue weighted by atomic mass is 32.2. The van der Waals surface area contributed by atoms with E-state index in [1.54, 1.807) is 19.1 Å². The molecule has 3 amide bonds. The van der Waals surface area contributed by atoms with Gasteiger partial charge in [0.25, 0.3) is 0 Å². The number of amides is 3. The van der Waals surface area contributed by atoms with E-state index in [9.17, 15) is 18.0 Å². The van der Waals surface area contributed by atoms with Crippen molar-refractivity contribution in [2.75, 3.05) is 44.7 Å². The number of ether oxygens (including phenoxy) is 1. The van der Waals surface area contributed by atoms with Crippen LogP contribution in [-0.4, -0.2) is 64.1 Å². The number of aryl methyl sites for hydroxylation is 1. The van der Waals surface area contributed by atoms with Gasteiger partial charge in [0.2, 0.25) is 15.9 Å². The van der Waals surface area contributed by atoms with E-state index in [4.69, 9.17) is 4.74 Å². The van der Waals surface area contributed by atoms with Crippen LogP contribution in [0.3, 0.4) is 0 Å². The molecule has 3 N–H and O–H groups in total.